The number of hydrogen-bond donors (Lipinski definition) is 3. The van der Waals surface area contributed by atoms with Crippen LogP contribution in [0.15, 0.2) is 0 Å². The molecule has 0 spiro atoms. The number of unbranched alkanes of at least 4 members (excludes halogenated alkanes) is 1. The number of likely N-dealkylation sites (N-methyl/N-ethyl adjacent to an activating group) is 1. The van der Waals surface area contributed by atoms with E-state index in [1.54, 1.807) is 0 Å². The fraction of sp³-hybridized carbons (Fsp3) is 1.00. The van der Waals surface area contributed by atoms with Gasteiger partial charge in [0.15, 0.2) is 0 Å². The van der Waals surface area contributed by atoms with Crippen molar-refractivity contribution in [2.75, 3.05) is 80.0 Å². The van der Waals surface area contributed by atoms with Gasteiger partial charge in [-0.3, -0.25) is 0 Å². The van der Waals surface area contributed by atoms with Gasteiger partial charge in [-0.1, -0.05) is 27.2 Å². The lowest BCUT2D eigenvalue weighted by Crippen LogP contribution is -2.26. The number of nitrogens with two attached hydrogens (primary N) is 3. The van der Waals surface area contributed by atoms with Gasteiger partial charge < -0.3 is 31.9 Å². The third-order valence-electron chi connectivity index (χ3n) is 3.79. The van der Waals surface area contributed by atoms with Crippen LogP contribution in [0.3, 0.4) is 0 Å². The molecule has 6 nitrogen and oxygen atoms in total. The zero-order valence-electron chi connectivity index (χ0n) is 18.3. The van der Waals surface area contributed by atoms with Crippen LogP contribution in [0.4, 0.5) is 0 Å². The van der Waals surface area contributed by atoms with Gasteiger partial charge in [-0.15, -0.1) is 0 Å². The third-order valence-corrected chi connectivity index (χ3v) is 3.79. The molecule has 25 heavy (non-hydrogen) atoms. The molecule has 0 saturated heterocycles. The maximum Gasteiger partial charge on any atom is 0.0102 e. The van der Waals surface area contributed by atoms with Crippen molar-refractivity contribution in [1.29, 1.82) is 0 Å². The lowest BCUT2D eigenvalue weighted by atomic mass is 10.3. The van der Waals surface area contributed by atoms with Gasteiger partial charge >= 0.3 is 0 Å². The van der Waals surface area contributed by atoms with Gasteiger partial charge in [-0.05, 0) is 86.2 Å². The van der Waals surface area contributed by atoms with Crippen LogP contribution in [0.1, 0.15) is 46.5 Å². The van der Waals surface area contributed by atoms with Gasteiger partial charge in [0.1, 0.15) is 0 Å². The Morgan fingerprint density at radius 3 is 1.44 bits per heavy atom. The van der Waals surface area contributed by atoms with Crippen LogP contribution >= 0.6 is 0 Å². The third kappa shape index (κ3) is 32.0. The minimum Gasteiger partial charge on any atom is -0.330 e. The molecule has 6 heteroatoms. The Bertz CT molecular complexity index is 210. The maximum absolute atomic E-state index is 5.36. The highest BCUT2D eigenvalue weighted by molar-refractivity contribution is 4.51. The van der Waals surface area contributed by atoms with Gasteiger partial charge in [0.2, 0.25) is 0 Å². The predicted octanol–water partition coefficient (Wildman–Crippen LogP) is 1.25. The minimum atomic E-state index is 0.778. The average Bonchev–Trinajstić information content (AvgIpc) is 2.60. The zero-order chi connectivity index (χ0) is 19.9. The lowest BCUT2D eigenvalue weighted by Gasteiger charge is -2.16. The molecule has 0 bridgehead atoms. The maximum atomic E-state index is 5.36. The van der Waals surface area contributed by atoms with E-state index in [4.69, 9.17) is 17.2 Å². The van der Waals surface area contributed by atoms with Crippen molar-refractivity contribution < 1.29 is 0 Å². The molecule has 6 N–H and O–H groups in total. The van der Waals surface area contributed by atoms with Crippen molar-refractivity contribution in [1.82, 2.24) is 14.7 Å². The van der Waals surface area contributed by atoms with Crippen molar-refractivity contribution in [3.8, 4) is 0 Å². The van der Waals surface area contributed by atoms with E-state index in [1.807, 2.05) is 0 Å². The van der Waals surface area contributed by atoms with Gasteiger partial charge in [-0.25, -0.2) is 0 Å². The Kier molecular flexibility index (Phi) is 30.7. The number of nitrogens with zero attached hydrogens (tertiary/aromatic N) is 3. The van der Waals surface area contributed by atoms with E-state index in [0.717, 1.165) is 65.2 Å². The summed E-state index contributed by atoms with van der Waals surface area (Å²) in [7, 11) is 6.22. The van der Waals surface area contributed by atoms with Crippen LogP contribution in [0.25, 0.3) is 0 Å². The molecule has 0 aliphatic rings. The molecule has 0 aromatic rings. The highest BCUT2D eigenvalue weighted by Gasteiger charge is 1.95. The van der Waals surface area contributed by atoms with E-state index in [9.17, 15) is 0 Å². The molecule has 0 saturated carbocycles. The second-order valence-electron chi connectivity index (χ2n) is 6.56. The Labute approximate surface area is 159 Å². The van der Waals surface area contributed by atoms with Crippen LogP contribution in [0.2, 0.25) is 0 Å². The summed E-state index contributed by atoms with van der Waals surface area (Å²) in [6.45, 7) is 15.7. The molecule has 0 aliphatic heterocycles. The van der Waals surface area contributed by atoms with E-state index in [-0.39, 0.29) is 0 Å². The summed E-state index contributed by atoms with van der Waals surface area (Å²) in [6.07, 6.45) is 4.79. The summed E-state index contributed by atoms with van der Waals surface area (Å²) in [4.78, 5) is 6.78. The molecule has 0 heterocycles. The highest BCUT2D eigenvalue weighted by atomic mass is 15.1. The molecule has 0 aromatic carbocycles. The first-order valence-electron chi connectivity index (χ1n) is 10.1. The molecule has 0 atom stereocenters. The molecule has 156 valence electrons. The van der Waals surface area contributed by atoms with Crippen molar-refractivity contribution >= 4 is 0 Å². The molecular weight excluding hydrogens is 312 g/mol. The summed E-state index contributed by atoms with van der Waals surface area (Å²) >= 11 is 0. The molecule has 0 radical (unpaired) electrons. The molecule has 0 unspecified atom stereocenters. The Morgan fingerprint density at radius 2 is 1.12 bits per heavy atom. The van der Waals surface area contributed by atoms with Crippen LogP contribution in [-0.4, -0.2) is 94.7 Å². The van der Waals surface area contributed by atoms with Crippen LogP contribution in [0, 0.1) is 0 Å². The van der Waals surface area contributed by atoms with Gasteiger partial charge in [0, 0.05) is 13.1 Å². The first-order valence-corrected chi connectivity index (χ1v) is 10.1. The van der Waals surface area contributed by atoms with Crippen molar-refractivity contribution in [2.24, 2.45) is 17.2 Å². The largest absolute Gasteiger partial charge is 0.330 e. The Hall–Kier alpha value is -0.240. The fourth-order valence-corrected chi connectivity index (χ4v) is 2.02. The molecule has 0 amide bonds. The predicted molar refractivity (Wildman–Crippen MR) is 115 cm³/mol. The monoisotopic (exact) mass is 362 g/mol. The first kappa shape index (κ1) is 29.5. The summed E-state index contributed by atoms with van der Waals surface area (Å²) in [5, 5.41) is 0. The van der Waals surface area contributed by atoms with Crippen molar-refractivity contribution in [3.05, 3.63) is 0 Å². The summed E-state index contributed by atoms with van der Waals surface area (Å²) in [6, 6.07) is 0. The fourth-order valence-electron chi connectivity index (χ4n) is 2.02. The van der Waals surface area contributed by atoms with Crippen LogP contribution in [-0.2, 0) is 0 Å². The topological polar surface area (TPSA) is 87.8 Å². The second kappa shape index (κ2) is 26.0. The van der Waals surface area contributed by atoms with Crippen LogP contribution in [0.5, 0.6) is 0 Å². The highest BCUT2D eigenvalue weighted by Crippen LogP contribution is 1.89. The summed E-state index contributed by atoms with van der Waals surface area (Å²) in [5.74, 6) is 0. The summed E-state index contributed by atoms with van der Waals surface area (Å²) in [5.41, 5.74) is 16.0. The minimum absolute atomic E-state index is 0.778. The molecule has 0 rings (SSSR count). The van der Waals surface area contributed by atoms with E-state index >= 15 is 0 Å². The SMILES string of the molecule is CCCCN(C)CCN.CCN(CC)CCCN.CN(C)CCCN. The lowest BCUT2D eigenvalue weighted by molar-refractivity contribution is 0.302. The Morgan fingerprint density at radius 1 is 0.600 bits per heavy atom. The Balaban J connectivity index is -0.000000293. The second-order valence-corrected chi connectivity index (χ2v) is 6.56. The quantitative estimate of drug-likeness (QED) is 0.457. The van der Waals surface area contributed by atoms with Gasteiger partial charge in [0.25, 0.3) is 0 Å². The number of hydrogen-bond acceptors (Lipinski definition) is 6. The molecule has 0 fully saturated rings. The van der Waals surface area contributed by atoms with E-state index in [1.165, 1.54) is 19.4 Å². The van der Waals surface area contributed by atoms with Crippen molar-refractivity contribution in [2.45, 2.75) is 46.5 Å². The van der Waals surface area contributed by atoms with Crippen LogP contribution < -0.4 is 17.2 Å². The average molecular weight is 363 g/mol. The molecule has 0 aromatic heterocycles. The van der Waals surface area contributed by atoms with Crippen molar-refractivity contribution in [3.63, 3.8) is 0 Å². The normalized spacial score (nSPS) is 10.6. The standard InChI is InChI=1S/2C7H18N2.C5H14N2/c1-3-4-6-9(2)7-5-8;1-3-9(4-2)7-5-6-8;1-7(2)5-3-4-6/h2*3-8H2,1-2H3;3-6H2,1-2H3. The van der Waals surface area contributed by atoms with E-state index < -0.39 is 0 Å². The van der Waals surface area contributed by atoms with E-state index in [2.05, 4.69) is 56.6 Å². The molecule has 0 aliphatic carbocycles. The zero-order valence-corrected chi connectivity index (χ0v) is 18.3. The molecular formula is C19H50N6. The van der Waals surface area contributed by atoms with Gasteiger partial charge in [0.05, 0.1) is 0 Å². The first-order chi connectivity index (χ1) is 11.9. The van der Waals surface area contributed by atoms with E-state index in [0.29, 0.717) is 0 Å². The number of rotatable bonds is 13. The smallest absolute Gasteiger partial charge is 0.0102 e. The summed E-state index contributed by atoms with van der Waals surface area (Å²) < 4.78 is 0. The van der Waals surface area contributed by atoms with Gasteiger partial charge in [-0.2, -0.15) is 0 Å².